The summed E-state index contributed by atoms with van der Waals surface area (Å²) in [5.74, 6) is 1.03. The highest BCUT2D eigenvalue weighted by Gasteiger charge is 2.35. The molecule has 0 saturated carbocycles. The summed E-state index contributed by atoms with van der Waals surface area (Å²) in [4.78, 5) is 28.9. The van der Waals surface area contributed by atoms with Gasteiger partial charge >= 0.3 is 0 Å². The van der Waals surface area contributed by atoms with Gasteiger partial charge in [-0.15, -0.1) is 11.8 Å². The molecule has 1 atom stereocenters. The summed E-state index contributed by atoms with van der Waals surface area (Å²) < 4.78 is 7.31. The second-order valence-corrected chi connectivity index (χ2v) is 7.32. The summed E-state index contributed by atoms with van der Waals surface area (Å²) in [5.41, 5.74) is 5.09. The van der Waals surface area contributed by atoms with Crippen LogP contribution in [0.4, 0.5) is 0 Å². The van der Waals surface area contributed by atoms with Gasteiger partial charge in [0.25, 0.3) is 11.8 Å². The number of benzene rings is 1. The van der Waals surface area contributed by atoms with Crippen LogP contribution in [0.25, 0.3) is 5.69 Å². The number of carbonyl (C=O) groups is 2. The van der Waals surface area contributed by atoms with Crippen molar-refractivity contribution >= 4 is 23.6 Å². The number of amides is 2. The minimum Gasteiger partial charge on any atom is -0.466 e. The number of nitrogens with one attached hydrogen (secondary N) is 1. The standard InChI is InChI=1S/C19H18N4O3S/c1-12-9-16(13(2)26-12)18(25)21-23-17(24)10-27-19(23)14-3-5-15(6-4-14)22-8-7-20-11-22/h3-9,11,19H,10H2,1-2H3,(H,21,25). The number of hydrogen-bond donors (Lipinski definition) is 1. The number of imidazole rings is 1. The van der Waals surface area contributed by atoms with Gasteiger partial charge in [-0.05, 0) is 37.6 Å². The minimum absolute atomic E-state index is 0.130. The van der Waals surface area contributed by atoms with E-state index in [1.807, 2.05) is 35.0 Å². The number of thioether (sulfide) groups is 1. The summed E-state index contributed by atoms with van der Waals surface area (Å²) in [6.45, 7) is 3.51. The van der Waals surface area contributed by atoms with Gasteiger partial charge < -0.3 is 8.98 Å². The third-order valence-corrected chi connectivity index (χ3v) is 5.57. The lowest BCUT2D eigenvalue weighted by atomic mass is 10.2. The van der Waals surface area contributed by atoms with Crippen molar-refractivity contribution in [2.45, 2.75) is 19.2 Å². The van der Waals surface area contributed by atoms with E-state index in [4.69, 9.17) is 4.42 Å². The molecule has 1 saturated heterocycles. The summed E-state index contributed by atoms with van der Waals surface area (Å²) in [5, 5.41) is 1.13. The van der Waals surface area contributed by atoms with Gasteiger partial charge in [-0.2, -0.15) is 0 Å². The van der Waals surface area contributed by atoms with Crippen LogP contribution < -0.4 is 5.43 Å². The Morgan fingerprint density at radius 3 is 2.70 bits per heavy atom. The van der Waals surface area contributed by atoms with E-state index in [9.17, 15) is 9.59 Å². The zero-order valence-electron chi connectivity index (χ0n) is 14.9. The average molecular weight is 382 g/mol. The van der Waals surface area contributed by atoms with Gasteiger partial charge in [0, 0.05) is 18.1 Å². The molecule has 1 aliphatic heterocycles. The zero-order chi connectivity index (χ0) is 19.0. The van der Waals surface area contributed by atoms with Crippen molar-refractivity contribution in [3.05, 3.63) is 71.7 Å². The normalized spacial score (nSPS) is 16.7. The Kier molecular flexibility index (Phi) is 4.49. The average Bonchev–Trinajstić information content (AvgIpc) is 3.37. The van der Waals surface area contributed by atoms with Crippen LogP contribution in [0.2, 0.25) is 0 Å². The van der Waals surface area contributed by atoms with Gasteiger partial charge in [0.15, 0.2) is 0 Å². The summed E-state index contributed by atoms with van der Waals surface area (Å²) in [6.07, 6.45) is 5.31. The molecule has 7 nitrogen and oxygen atoms in total. The highest BCUT2D eigenvalue weighted by molar-refractivity contribution is 8.00. The van der Waals surface area contributed by atoms with Gasteiger partial charge in [-0.1, -0.05) is 12.1 Å². The van der Waals surface area contributed by atoms with Crippen molar-refractivity contribution in [3.63, 3.8) is 0 Å². The van der Waals surface area contributed by atoms with Crippen LogP contribution in [0.15, 0.2) is 53.5 Å². The van der Waals surface area contributed by atoms with E-state index in [0.717, 1.165) is 11.3 Å². The second kappa shape index (κ2) is 6.96. The van der Waals surface area contributed by atoms with E-state index in [-0.39, 0.29) is 17.2 Å². The van der Waals surface area contributed by atoms with Crippen LogP contribution in [-0.4, -0.2) is 32.1 Å². The van der Waals surface area contributed by atoms with Crippen LogP contribution >= 0.6 is 11.8 Å². The maximum atomic E-state index is 12.6. The first-order chi connectivity index (χ1) is 13.0. The van der Waals surface area contributed by atoms with Crippen molar-refractivity contribution < 1.29 is 14.0 Å². The maximum absolute atomic E-state index is 12.6. The zero-order valence-corrected chi connectivity index (χ0v) is 15.7. The Hall–Kier alpha value is -3.00. The molecule has 1 unspecified atom stereocenters. The number of nitrogens with zero attached hydrogens (tertiary/aromatic N) is 3. The molecule has 1 fully saturated rings. The molecular weight excluding hydrogens is 364 g/mol. The predicted octanol–water partition coefficient (Wildman–Crippen LogP) is 3.00. The lowest BCUT2D eigenvalue weighted by Gasteiger charge is -2.24. The molecule has 138 valence electrons. The van der Waals surface area contributed by atoms with E-state index < -0.39 is 0 Å². The fraction of sp³-hybridized carbons (Fsp3) is 0.211. The molecule has 27 heavy (non-hydrogen) atoms. The number of aromatic nitrogens is 2. The van der Waals surface area contributed by atoms with Gasteiger partial charge in [0.05, 0.1) is 17.6 Å². The Labute approximate surface area is 160 Å². The summed E-state index contributed by atoms with van der Waals surface area (Å²) in [6, 6.07) is 9.51. The van der Waals surface area contributed by atoms with Crippen LogP contribution in [0, 0.1) is 13.8 Å². The molecule has 2 aromatic heterocycles. The molecule has 8 heteroatoms. The third-order valence-electron chi connectivity index (χ3n) is 4.36. The molecule has 1 N–H and O–H groups in total. The van der Waals surface area contributed by atoms with E-state index in [0.29, 0.717) is 22.8 Å². The number of rotatable bonds is 4. The van der Waals surface area contributed by atoms with E-state index >= 15 is 0 Å². The summed E-state index contributed by atoms with van der Waals surface area (Å²) in [7, 11) is 0. The fourth-order valence-electron chi connectivity index (χ4n) is 3.04. The van der Waals surface area contributed by atoms with E-state index in [1.165, 1.54) is 16.8 Å². The van der Waals surface area contributed by atoms with E-state index in [1.54, 1.807) is 32.4 Å². The second-order valence-electron chi connectivity index (χ2n) is 6.26. The highest BCUT2D eigenvalue weighted by Crippen LogP contribution is 2.37. The first-order valence-electron chi connectivity index (χ1n) is 8.43. The van der Waals surface area contributed by atoms with Gasteiger partial charge in [-0.25, -0.2) is 9.99 Å². The minimum atomic E-state index is -0.347. The predicted molar refractivity (Wildman–Crippen MR) is 101 cm³/mol. The summed E-state index contributed by atoms with van der Waals surface area (Å²) >= 11 is 1.48. The quantitative estimate of drug-likeness (QED) is 0.750. The third kappa shape index (κ3) is 3.35. The van der Waals surface area contributed by atoms with Crippen molar-refractivity contribution in [2.75, 3.05) is 5.75 Å². The molecule has 0 spiro atoms. The van der Waals surface area contributed by atoms with Gasteiger partial charge in [-0.3, -0.25) is 15.0 Å². The topological polar surface area (TPSA) is 80.4 Å². The van der Waals surface area contributed by atoms with Gasteiger partial charge in [0.2, 0.25) is 0 Å². The molecule has 2 amide bonds. The smallest absolute Gasteiger partial charge is 0.273 e. The molecule has 1 aliphatic rings. The van der Waals surface area contributed by atoms with Crippen molar-refractivity contribution in [2.24, 2.45) is 0 Å². The molecule has 0 aliphatic carbocycles. The molecule has 3 aromatic rings. The Bertz CT molecular complexity index is 979. The van der Waals surface area contributed by atoms with Crippen molar-refractivity contribution in [1.82, 2.24) is 20.0 Å². The molecule has 0 radical (unpaired) electrons. The lowest BCUT2D eigenvalue weighted by Crippen LogP contribution is -2.44. The first kappa shape index (κ1) is 17.4. The first-order valence-corrected chi connectivity index (χ1v) is 9.48. The molecule has 1 aromatic carbocycles. The van der Waals surface area contributed by atoms with Crippen molar-refractivity contribution in [1.29, 1.82) is 0 Å². The number of carbonyl (C=O) groups excluding carboxylic acids is 2. The number of hydrazine groups is 1. The largest absolute Gasteiger partial charge is 0.466 e. The highest BCUT2D eigenvalue weighted by atomic mass is 32.2. The molecule has 0 bridgehead atoms. The number of hydrogen-bond acceptors (Lipinski definition) is 5. The SMILES string of the molecule is Cc1cc(C(=O)NN2C(=O)CSC2c2ccc(-n3ccnc3)cc2)c(C)o1. The fourth-order valence-corrected chi connectivity index (χ4v) is 4.15. The van der Waals surface area contributed by atoms with Crippen LogP contribution in [0.3, 0.4) is 0 Å². The Morgan fingerprint density at radius 1 is 1.30 bits per heavy atom. The molecular formula is C19H18N4O3S. The van der Waals surface area contributed by atoms with Crippen LogP contribution in [-0.2, 0) is 4.79 Å². The number of aryl methyl sites for hydroxylation is 2. The Morgan fingerprint density at radius 2 is 2.07 bits per heavy atom. The van der Waals surface area contributed by atoms with E-state index in [2.05, 4.69) is 10.4 Å². The van der Waals surface area contributed by atoms with Crippen LogP contribution in [0.1, 0.15) is 32.8 Å². The molecule has 4 rings (SSSR count). The molecule has 3 heterocycles. The van der Waals surface area contributed by atoms with Crippen LogP contribution in [0.5, 0.6) is 0 Å². The van der Waals surface area contributed by atoms with Crippen molar-refractivity contribution in [3.8, 4) is 5.69 Å². The lowest BCUT2D eigenvalue weighted by molar-refractivity contribution is -0.130. The maximum Gasteiger partial charge on any atom is 0.273 e. The van der Waals surface area contributed by atoms with Gasteiger partial charge in [0.1, 0.15) is 16.9 Å². The Balaban J connectivity index is 1.54. The monoisotopic (exact) mass is 382 g/mol. The number of furan rings is 1.